The summed E-state index contributed by atoms with van der Waals surface area (Å²) in [5.41, 5.74) is 2.03. The summed E-state index contributed by atoms with van der Waals surface area (Å²) in [4.78, 5) is 12.2. The van der Waals surface area contributed by atoms with Crippen molar-refractivity contribution in [3.05, 3.63) is 30.5 Å². The molecule has 1 aliphatic heterocycles. The molecule has 1 aliphatic rings. The molecule has 2 aromatic rings. The Morgan fingerprint density at radius 1 is 1.48 bits per heavy atom. The van der Waals surface area contributed by atoms with Crippen LogP contribution in [0.3, 0.4) is 0 Å². The number of nitrogens with zero attached hydrogens (tertiary/aromatic N) is 1. The van der Waals surface area contributed by atoms with E-state index < -0.39 is 0 Å². The first-order valence-corrected chi connectivity index (χ1v) is 7.49. The minimum Gasteiger partial charge on any atom is -0.378 e. The Balaban J connectivity index is 1.73. The van der Waals surface area contributed by atoms with Crippen LogP contribution in [0.25, 0.3) is 10.9 Å². The lowest BCUT2D eigenvalue weighted by molar-refractivity contribution is -0.120. The van der Waals surface area contributed by atoms with Gasteiger partial charge < -0.3 is 19.9 Å². The van der Waals surface area contributed by atoms with Crippen LogP contribution in [0.2, 0.25) is 0 Å². The van der Waals surface area contributed by atoms with Gasteiger partial charge in [-0.1, -0.05) is 6.92 Å². The normalized spacial score (nSPS) is 18.8. The molecule has 3 rings (SSSR count). The molecule has 2 N–H and O–H groups in total. The number of hydrogen-bond acceptors (Lipinski definition) is 3. The fourth-order valence-electron chi connectivity index (χ4n) is 2.68. The lowest BCUT2D eigenvalue weighted by atomic mass is 10.2. The summed E-state index contributed by atoms with van der Waals surface area (Å²) in [7, 11) is 0. The van der Waals surface area contributed by atoms with E-state index in [-0.39, 0.29) is 11.9 Å². The SMILES string of the molecule is CCCn1ccc2cc(NC(=O)C3COCCN3)ccc21. The summed E-state index contributed by atoms with van der Waals surface area (Å²) >= 11 is 0. The second-order valence-electron chi connectivity index (χ2n) is 5.35. The zero-order chi connectivity index (χ0) is 14.7. The lowest BCUT2D eigenvalue weighted by Gasteiger charge is -2.22. The molecule has 0 bridgehead atoms. The standard InChI is InChI=1S/C16H21N3O2/c1-2-7-19-8-5-12-10-13(3-4-15(12)19)18-16(20)14-11-21-9-6-17-14/h3-5,8,10,14,17H,2,6-7,9,11H2,1H3,(H,18,20). The summed E-state index contributed by atoms with van der Waals surface area (Å²) < 4.78 is 7.55. The van der Waals surface area contributed by atoms with Gasteiger partial charge >= 0.3 is 0 Å². The number of aromatic nitrogens is 1. The van der Waals surface area contributed by atoms with Crippen molar-refractivity contribution in [3.8, 4) is 0 Å². The van der Waals surface area contributed by atoms with E-state index >= 15 is 0 Å². The number of amides is 1. The minimum atomic E-state index is -0.265. The molecule has 5 heteroatoms. The van der Waals surface area contributed by atoms with Crippen molar-refractivity contribution < 1.29 is 9.53 Å². The van der Waals surface area contributed by atoms with Gasteiger partial charge in [0.15, 0.2) is 0 Å². The molecule has 1 saturated heterocycles. The largest absolute Gasteiger partial charge is 0.378 e. The first kappa shape index (κ1) is 14.1. The van der Waals surface area contributed by atoms with E-state index in [1.165, 1.54) is 5.52 Å². The molecule has 0 aliphatic carbocycles. The Morgan fingerprint density at radius 2 is 2.38 bits per heavy atom. The maximum atomic E-state index is 12.2. The molecule has 0 radical (unpaired) electrons. The fraction of sp³-hybridized carbons (Fsp3) is 0.438. The third-order valence-corrected chi connectivity index (χ3v) is 3.74. The summed E-state index contributed by atoms with van der Waals surface area (Å²) in [6.45, 7) is 5.00. The van der Waals surface area contributed by atoms with E-state index in [2.05, 4.69) is 40.5 Å². The zero-order valence-corrected chi connectivity index (χ0v) is 12.3. The van der Waals surface area contributed by atoms with Crippen LogP contribution in [0.4, 0.5) is 5.69 Å². The van der Waals surface area contributed by atoms with Crippen molar-refractivity contribution in [1.29, 1.82) is 0 Å². The molecule has 1 atom stereocenters. The van der Waals surface area contributed by atoms with E-state index in [9.17, 15) is 4.79 Å². The van der Waals surface area contributed by atoms with Crippen LogP contribution in [-0.2, 0) is 16.1 Å². The number of nitrogens with one attached hydrogen (secondary N) is 2. The molecule has 5 nitrogen and oxygen atoms in total. The van der Waals surface area contributed by atoms with Gasteiger partial charge in [0.05, 0.1) is 13.2 Å². The van der Waals surface area contributed by atoms with Gasteiger partial charge in [0.1, 0.15) is 6.04 Å². The number of carbonyl (C=O) groups excluding carboxylic acids is 1. The molecule has 1 fully saturated rings. The molecule has 1 amide bonds. The van der Waals surface area contributed by atoms with Crippen molar-refractivity contribution in [3.63, 3.8) is 0 Å². The summed E-state index contributed by atoms with van der Waals surface area (Å²) in [6, 6.07) is 7.85. The van der Waals surface area contributed by atoms with E-state index in [0.717, 1.165) is 30.6 Å². The monoisotopic (exact) mass is 287 g/mol. The van der Waals surface area contributed by atoms with Crippen LogP contribution in [0.5, 0.6) is 0 Å². The molecular formula is C16H21N3O2. The Morgan fingerprint density at radius 3 is 3.14 bits per heavy atom. The Kier molecular flexibility index (Phi) is 4.22. The Labute approximate surface area is 124 Å². The Bertz CT molecular complexity index is 629. The van der Waals surface area contributed by atoms with Crippen LogP contribution >= 0.6 is 0 Å². The third kappa shape index (κ3) is 3.09. The van der Waals surface area contributed by atoms with Crippen molar-refractivity contribution in [1.82, 2.24) is 9.88 Å². The molecule has 2 heterocycles. The first-order chi connectivity index (χ1) is 10.3. The second kappa shape index (κ2) is 6.28. The molecule has 0 saturated carbocycles. The molecule has 0 spiro atoms. The van der Waals surface area contributed by atoms with E-state index in [1.54, 1.807) is 0 Å². The predicted molar refractivity (Wildman–Crippen MR) is 83.5 cm³/mol. The quantitative estimate of drug-likeness (QED) is 0.904. The number of rotatable bonds is 4. The van der Waals surface area contributed by atoms with Crippen LogP contribution < -0.4 is 10.6 Å². The average molecular weight is 287 g/mol. The van der Waals surface area contributed by atoms with E-state index in [0.29, 0.717) is 13.2 Å². The average Bonchev–Trinajstić information content (AvgIpc) is 2.91. The third-order valence-electron chi connectivity index (χ3n) is 3.74. The van der Waals surface area contributed by atoms with Gasteiger partial charge in [-0.25, -0.2) is 0 Å². The number of aryl methyl sites for hydroxylation is 1. The first-order valence-electron chi connectivity index (χ1n) is 7.49. The highest BCUT2D eigenvalue weighted by atomic mass is 16.5. The lowest BCUT2D eigenvalue weighted by Crippen LogP contribution is -2.48. The number of carbonyl (C=O) groups is 1. The van der Waals surface area contributed by atoms with E-state index in [4.69, 9.17) is 4.74 Å². The number of benzene rings is 1. The van der Waals surface area contributed by atoms with Crippen molar-refractivity contribution in [2.24, 2.45) is 0 Å². The highest BCUT2D eigenvalue weighted by Crippen LogP contribution is 2.21. The molecule has 112 valence electrons. The number of morpholine rings is 1. The topological polar surface area (TPSA) is 55.3 Å². The molecule has 1 unspecified atom stereocenters. The van der Waals surface area contributed by atoms with Crippen molar-refractivity contribution in [2.75, 3.05) is 25.1 Å². The number of anilines is 1. The van der Waals surface area contributed by atoms with Gasteiger partial charge in [0.25, 0.3) is 0 Å². The maximum absolute atomic E-state index is 12.2. The van der Waals surface area contributed by atoms with Crippen LogP contribution in [0.15, 0.2) is 30.5 Å². The molecule has 1 aromatic heterocycles. The number of hydrogen-bond donors (Lipinski definition) is 2. The van der Waals surface area contributed by atoms with Crippen molar-refractivity contribution in [2.45, 2.75) is 25.9 Å². The van der Waals surface area contributed by atoms with Gasteiger partial charge in [-0.05, 0) is 30.7 Å². The summed E-state index contributed by atoms with van der Waals surface area (Å²) in [5, 5.41) is 7.26. The molecule has 21 heavy (non-hydrogen) atoms. The highest BCUT2D eigenvalue weighted by molar-refractivity contribution is 5.97. The van der Waals surface area contributed by atoms with Gasteiger partial charge in [0, 0.05) is 35.9 Å². The summed E-state index contributed by atoms with van der Waals surface area (Å²) in [6.07, 6.45) is 3.20. The van der Waals surface area contributed by atoms with Crippen LogP contribution in [0, 0.1) is 0 Å². The van der Waals surface area contributed by atoms with Gasteiger partial charge in [0.2, 0.25) is 5.91 Å². The molecule has 1 aromatic carbocycles. The van der Waals surface area contributed by atoms with Crippen LogP contribution in [0.1, 0.15) is 13.3 Å². The second-order valence-corrected chi connectivity index (χ2v) is 5.35. The zero-order valence-electron chi connectivity index (χ0n) is 12.3. The highest BCUT2D eigenvalue weighted by Gasteiger charge is 2.21. The Hall–Kier alpha value is -1.85. The fourth-order valence-corrected chi connectivity index (χ4v) is 2.68. The van der Waals surface area contributed by atoms with Gasteiger partial charge in [-0.2, -0.15) is 0 Å². The molecular weight excluding hydrogens is 266 g/mol. The van der Waals surface area contributed by atoms with E-state index in [1.807, 2.05) is 12.1 Å². The summed E-state index contributed by atoms with van der Waals surface area (Å²) in [5.74, 6) is -0.0398. The minimum absolute atomic E-state index is 0.0398. The number of fused-ring (bicyclic) bond motifs is 1. The maximum Gasteiger partial charge on any atom is 0.243 e. The number of ether oxygens (including phenoxy) is 1. The predicted octanol–water partition coefficient (Wildman–Crippen LogP) is 1.98. The van der Waals surface area contributed by atoms with Gasteiger partial charge in [-0.3, -0.25) is 4.79 Å². The van der Waals surface area contributed by atoms with Crippen LogP contribution in [-0.4, -0.2) is 36.3 Å². The van der Waals surface area contributed by atoms with Gasteiger partial charge in [-0.15, -0.1) is 0 Å². The smallest absolute Gasteiger partial charge is 0.243 e. The van der Waals surface area contributed by atoms with Crippen molar-refractivity contribution >= 4 is 22.5 Å².